The van der Waals surface area contributed by atoms with E-state index >= 15 is 0 Å². The Kier molecular flexibility index (Phi) is 4.92. The van der Waals surface area contributed by atoms with Crippen LogP contribution in [0, 0.1) is 6.92 Å². The molecule has 3 rings (SSSR count). The van der Waals surface area contributed by atoms with E-state index in [1.165, 1.54) is 0 Å². The molecule has 0 N–H and O–H groups in total. The van der Waals surface area contributed by atoms with Gasteiger partial charge in [0.25, 0.3) is 0 Å². The molecule has 2 heterocycles. The molecule has 0 radical (unpaired) electrons. The number of rotatable bonds is 5. The zero-order valence-corrected chi connectivity index (χ0v) is 14.3. The number of carbonyl (C=O) groups is 1. The van der Waals surface area contributed by atoms with Crippen LogP contribution in [0.15, 0.2) is 42.6 Å². The minimum atomic E-state index is -0.507. The van der Waals surface area contributed by atoms with Crippen molar-refractivity contribution in [3.63, 3.8) is 0 Å². The molecule has 0 atom stereocenters. The first-order valence-electron chi connectivity index (χ1n) is 7.25. The molecule has 0 aliphatic rings. The van der Waals surface area contributed by atoms with Gasteiger partial charge in [-0.05, 0) is 31.2 Å². The zero-order chi connectivity index (χ0) is 17.1. The molecule has 0 aliphatic heterocycles. The molecule has 1 aromatic carbocycles. The number of aromatic nitrogens is 2. The summed E-state index contributed by atoms with van der Waals surface area (Å²) in [5.41, 5.74) is 1.93. The second-order valence-corrected chi connectivity index (χ2v) is 5.87. The van der Waals surface area contributed by atoms with Gasteiger partial charge in [-0.3, -0.25) is 0 Å². The highest BCUT2D eigenvalue weighted by Gasteiger charge is 2.13. The summed E-state index contributed by atoms with van der Waals surface area (Å²) in [7, 11) is 0. The second-order valence-electron chi connectivity index (χ2n) is 5.06. The van der Waals surface area contributed by atoms with Gasteiger partial charge < -0.3 is 13.9 Å². The lowest BCUT2D eigenvalue weighted by atomic mass is 10.3. The summed E-state index contributed by atoms with van der Waals surface area (Å²) >= 11 is 12.0. The van der Waals surface area contributed by atoms with Crippen molar-refractivity contribution in [2.75, 3.05) is 13.2 Å². The predicted molar refractivity (Wildman–Crippen MR) is 92.2 cm³/mol. The van der Waals surface area contributed by atoms with E-state index in [-0.39, 0.29) is 18.9 Å². The molecule has 0 fully saturated rings. The Hall–Kier alpha value is -2.24. The third-order valence-corrected chi connectivity index (χ3v) is 3.98. The van der Waals surface area contributed by atoms with Crippen LogP contribution in [0.4, 0.5) is 0 Å². The Morgan fingerprint density at radius 1 is 1.12 bits per heavy atom. The van der Waals surface area contributed by atoms with Crippen LogP contribution in [-0.4, -0.2) is 28.6 Å². The van der Waals surface area contributed by atoms with Gasteiger partial charge >= 0.3 is 5.97 Å². The van der Waals surface area contributed by atoms with E-state index in [0.29, 0.717) is 21.4 Å². The summed E-state index contributed by atoms with van der Waals surface area (Å²) in [6.07, 6.45) is 1.65. The molecular formula is C17H14Cl2N2O3. The number of hydrogen-bond acceptors (Lipinski definition) is 4. The Balaban J connectivity index is 1.58. The van der Waals surface area contributed by atoms with Gasteiger partial charge in [0.1, 0.15) is 18.9 Å². The minimum Gasteiger partial charge on any atom is -0.487 e. The number of benzene rings is 1. The van der Waals surface area contributed by atoms with Crippen LogP contribution >= 0.6 is 23.2 Å². The summed E-state index contributed by atoms with van der Waals surface area (Å²) in [6, 6.07) is 10.7. The Morgan fingerprint density at radius 2 is 1.83 bits per heavy atom. The number of ether oxygens (including phenoxy) is 2. The van der Waals surface area contributed by atoms with Crippen molar-refractivity contribution in [3.8, 4) is 5.75 Å². The summed E-state index contributed by atoms with van der Waals surface area (Å²) in [6.45, 7) is 2.14. The molecule has 5 nitrogen and oxygen atoms in total. The molecule has 0 aliphatic carbocycles. The molecule has 0 spiro atoms. The summed E-state index contributed by atoms with van der Waals surface area (Å²) < 4.78 is 12.5. The van der Waals surface area contributed by atoms with Gasteiger partial charge in [-0.25, -0.2) is 9.78 Å². The maximum Gasteiger partial charge on any atom is 0.358 e. The number of imidazole rings is 1. The van der Waals surface area contributed by atoms with Crippen molar-refractivity contribution < 1.29 is 14.3 Å². The van der Waals surface area contributed by atoms with Gasteiger partial charge in [-0.2, -0.15) is 0 Å². The van der Waals surface area contributed by atoms with Crippen LogP contribution in [0.5, 0.6) is 5.75 Å². The number of para-hydroxylation sites is 1. The van der Waals surface area contributed by atoms with Gasteiger partial charge in [0.2, 0.25) is 0 Å². The monoisotopic (exact) mass is 364 g/mol. The van der Waals surface area contributed by atoms with Gasteiger partial charge in [-0.15, -0.1) is 0 Å². The van der Waals surface area contributed by atoms with Crippen LogP contribution in [0.3, 0.4) is 0 Å². The van der Waals surface area contributed by atoms with Crippen LogP contribution in [0.1, 0.15) is 16.2 Å². The summed E-state index contributed by atoms with van der Waals surface area (Å²) in [5, 5.41) is 0.814. The van der Waals surface area contributed by atoms with Gasteiger partial charge in [0.15, 0.2) is 11.4 Å². The molecule has 2 aromatic heterocycles. The fourth-order valence-electron chi connectivity index (χ4n) is 2.22. The maximum atomic E-state index is 12.1. The smallest absolute Gasteiger partial charge is 0.358 e. The van der Waals surface area contributed by atoms with E-state index in [0.717, 1.165) is 5.69 Å². The largest absolute Gasteiger partial charge is 0.487 e. The van der Waals surface area contributed by atoms with Crippen molar-refractivity contribution in [1.82, 2.24) is 9.38 Å². The summed E-state index contributed by atoms with van der Waals surface area (Å²) in [5.74, 6) is -0.132. The van der Waals surface area contributed by atoms with Crippen molar-refractivity contribution >= 4 is 34.8 Å². The van der Waals surface area contributed by atoms with E-state index in [2.05, 4.69) is 4.98 Å². The van der Waals surface area contributed by atoms with E-state index in [9.17, 15) is 4.79 Å². The van der Waals surface area contributed by atoms with Crippen LogP contribution < -0.4 is 4.74 Å². The number of aryl methyl sites for hydroxylation is 1. The lowest BCUT2D eigenvalue weighted by Crippen LogP contribution is -2.13. The Bertz CT molecular complexity index is 872. The predicted octanol–water partition coefficient (Wildman–Crippen LogP) is 4.19. The number of esters is 1. The second kappa shape index (κ2) is 7.11. The van der Waals surface area contributed by atoms with Crippen LogP contribution in [0.25, 0.3) is 5.65 Å². The first-order chi connectivity index (χ1) is 11.6. The number of nitrogens with zero attached hydrogens (tertiary/aromatic N) is 2. The standard InChI is InChI=1S/C17H14Cl2N2O3/c1-11-4-2-7-15-20-14(10-21(11)15)17(22)24-9-8-23-16-12(18)5-3-6-13(16)19/h2-7,10H,8-9H2,1H3. The van der Waals surface area contributed by atoms with E-state index in [4.69, 9.17) is 32.7 Å². The fraction of sp³-hybridized carbons (Fsp3) is 0.176. The van der Waals surface area contributed by atoms with Gasteiger partial charge in [0.05, 0.1) is 10.0 Å². The Labute approximate surface area is 148 Å². The quantitative estimate of drug-likeness (QED) is 0.503. The molecule has 124 valence electrons. The fourth-order valence-corrected chi connectivity index (χ4v) is 2.73. The molecule has 24 heavy (non-hydrogen) atoms. The molecule has 0 unspecified atom stereocenters. The highest BCUT2D eigenvalue weighted by molar-refractivity contribution is 6.37. The van der Waals surface area contributed by atoms with Crippen molar-refractivity contribution in [2.45, 2.75) is 6.92 Å². The number of carbonyl (C=O) groups excluding carboxylic acids is 1. The SMILES string of the molecule is Cc1cccc2nc(C(=O)OCCOc3c(Cl)cccc3Cl)cn12. The van der Waals surface area contributed by atoms with Gasteiger partial charge in [0, 0.05) is 11.9 Å². The minimum absolute atomic E-state index is 0.0627. The third-order valence-electron chi connectivity index (χ3n) is 3.39. The average Bonchev–Trinajstić information content (AvgIpc) is 2.99. The Morgan fingerprint density at radius 3 is 2.54 bits per heavy atom. The third kappa shape index (κ3) is 3.47. The molecular weight excluding hydrogens is 351 g/mol. The molecule has 0 amide bonds. The van der Waals surface area contributed by atoms with Crippen molar-refractivity contribution in [2.24, 2.45) is 0 Å². The van der Waals surface area contributed by atoms with Crippen molar-refractivity contribution in [1.29, 1.82) is 0 Å². The van der Waals surface area contributed by atoms with E-state index in [1.807, 2.05) is 29.5 Å². The van der Waals surface area contributed by atoms with E-state index < -0.39 is 5.97 Å². The topological polar surface area (TPSA) is 52.8 Å². The molecule has 0 bridgehead atoms. The molecule has 0 saturated heterocycles. The van der Waals surface area contributed by atoms with E-state index in [1.54, 1.807) is 24.4 Å². The van der Waals surface area contributed by atoms with Crippen LogP contribution in [-0.2, 0) is 4.74 Å². The average molecular weight is 365 g/mol. The normalized spacial score (nSPS) is 10.8. The highest BCUT2D eigenvalue weighted by Crippen LogP contribution is 2.32. The maximum absolute atomic E-state index is 12.1. The first-order valence-corrected chi connectivity index (χ1v) is 8.00. The number of hydrogen-bond donors (Lipinski definition) is 0. The molecule has 3 aromatic rings. The van der Waals surface area contributed by atoms with Crippen molar-refractivity contribution in [3.05, 3.63) is 64.0 Å². The number of fused-ring (bicyclic) bond motifs is 1. The molecule has 0 saturated carbocycles. The summed E-state index contributed by atoms with van der Waals surface area (Å²) in [4.78, 5) is 16.3. The van der Waals surface area contributed by atoms with Crippen LogP contribution in [0.2, 0.25) is 10.0 Å². The lowest BCUT2D eigenvalue weighted by molar-refractivity contribution is 0.0444. The lowest BCUT2D eigenvalue weighted by Gasteiger charge is -2.09. The van der Waals surface area contributed by atoms with Gasteiger partial charge in [-0.1, -0.05) is 35.3 Å². The molecule has 7 heteroatoms. The zero-order valence-electron chi connectivity index (χ0n) is 12.8. The number of halogens is 2. The highest BCUT2D eigenvalue weighted by atomic mass is 35.5. The number of pyridine rings is 1. The first kappa shape index (κ1) is 16.6.